The van der Waals surface area contributed by atoms with Crippen LogP contribution in [-0.2, 0) is 16.6 Å². The summed E-state index contributed by atoms with van der Waals surface area (Å²) in [5, 5.41) is 15.9. The monoisotopic (exact) mass is 437 g/mol. The van der Waals surface area contributed by atoms with E-state index in [-0.39, 0.29) is 16.9 Å². The summed E-state index contributed by atoms with van der Waals surface area (Å²) in [5.41, 5.74) is 2.93. The third-order valence-corrected chi connectivity index (χ3v) is 5.99. The Balaban J connectivity index is 1.87. The van der Waals surface area contributed by atoms with Gasteiger partial charge in [0, 0.05) is 17.3 Å². The number of nitrogens with zero attached hydrogens (tertiary/aromatic N) is 3. The molecular formula is C22H23N5O3S. The van der Waals surface area contributed by atoms with Crippen LogP contribution >= 0.6 is 0 Å². The van der Waals surface area contributed by atoms with Crippen LogP contribution < -0.4 is 10.0 Å². The Kier molecular flexibility index (Phi) is 6.42. The highest BCUT2D eigenvalue weighted by Gasteiger charge is 2.19. The van der Waals surface area contributed by atoms with E-state index < -0.39 is 15.9 Å². The van der Waals surface area contributed by atoms with Gasteiger partial charge >= 0.3 is 0 Å². The molecule has 0 aliphatic heterocycles. The van der Waals surface area contributed by atoms with Gasteiger partial charge in [-0.3, -0.25) is 9.52 Å². The molecule has 0 unspecified atom stereocenters. The highest BCUT2D eigenvalue weighted by atomic mass is 32.2. The van der Waals surface area contributed by atoms with Crippen molar-refractivity contribution in [1.29, 1.82) is 5.26 Å². The van der Waals surface area contributed by atoms with E-state index in [0.29, 0.717) is 29.3 Å². The molecule has 2 aromatic carbocycles. The predicted octanol–water partition coefficient (Wildman–Crippen LogP) is 3.78. The summed E-state index contributed by atoms with van der Waals surface area (Å²) in [5.74, 6) is -0.00786. The predicted molar refractivity (Wildman–Crippen MR) is 118 cm³/mol. The Morgan fingerprint density at radius 2 is 1.90 bits per heavy atom. The van der Waals surface area contributed by atoms with E-state index in [9.17, 15) is 13.2 Å². The number of carbonyl (C=O) groups excluding carboxylic acids is 1. The number of nitriles is 1. The molecule has 2 N–H and O–H groups in total. The van der Waals surface area contributed by atoms with Gasteiger partial charge in [0.25, 0.3) is 15.9 Å². The van der Waals surface area contributed by atoms with E-state index in [4.69, 9.17) is 5.26 Å². The smallest absolute Gasteiger partial charge is 0.261 e. The number of amides is 1. The topological polar surface area (TPSA) is 117 Å². The molecule has 0 spiro atoms. The lowest BCUT2D eigenvalue weighted by Gasteiger charge is -2.12. The molecule has 3 rings (SSSR count). The lowest BCUT2D eigenvalue weighted by atomic mass is 10.1. The van der Waals surface area contributed by atoms with Gasteiger partial charge in [-0.05, 0) is 56.2 Å². The first-order valence-corrected chi connectivity index (χ1v) is 11.1. The van der Waals surface area contributed by atoms with Crippen LogP contribution in [0.1, 0.15) is 33.6 Å². The minimum absolute atomic E-state index is 0.0149. The second-order valence-corrected chi connectivity index (χ2v) is 8.89. The summed E-state index contributed by atoms with van der Waals surface area (Å²) < 4.78 is 29.8. The van der Waals surface area contributed by atoms with E-state index in [2.05, 4.69) is 15.1 Å². The number of aryl methyl sites for hydroxylation is 4. The van der Waals surface area contributed by atoms with Gasteiger partial charge in [-0.15, -0.1) is 0 Å². The van der Waals surface area contributed by atoms with E-state index in [1.807, 2.05) is 19.1 Å². The minimum Gasteiger partial charge on any atom is -0.307 e. The van der Waals surface area contributed by atoms with Crippen LogP contribution in [-0.4, -0.2) is 24.1 Å². The van der Waals surface area contributed by atoms with Crippen molar-refractivity contribution < 1.29 is 13.2 Å². The first-order valence-electron chi connectivity index (χ1n) is 9.62. The highest BCUT2D eigenvalue weighted by molar-refractivity contribution is 7.92. The zero-order valence-corrected chi connectivity index (χ0v) is 18.3. The second kappa shape index (κ2) is 9.02. The number of sulfonamides is 1. The first kappa shape index (κ1) is 22.1. The van der Waals surface area contributed by atoms with Gasteiger partial charge in [0.05, 0.1) is 29.6 Å². The molecule has 3 aromatic rings. The van der Waals surface area contributed by atoms with Crippen LogP contribution in [0.5, 0.6) is 0 Å². The molecule has 160 valence electrons. The third kappa shape index (κ3) is 5.29. The van der Waals surface area contributed by atoms with Crippen LogP contribution in [0.2, 0.25) is 0 Å². The Hall–Kier alpha value is -3.64. The summed E-state index contributed by atoms with van der Waals surface area (Å²) in [6.07, 6.45) is 0.251. The number of benzene rings is 2. The van der Waals surface area contributed by atoms with Crippen molar-refractivity contribution in [1.82, 2.24) is 9.78 Å². The number of nitrogens with one attached hydrogen (secondary N) is 2. The number of rotatable bonds is 7. The normalized spacial score (nSPS) is 11.0. The van der Waals surface area contributed by atoms with Gasteiger partial charge in [-0.2, -0.15) is 10.4 Å². The molecule has 9 heteroatoms. The SMILES string of the molecule is Cc1cccc(NS(=O)(=O)c2ccc(C)c(C(=O)Nc3cc(C)nn3CCC#N)c2)c1. The van der Waals surface area contributed by atoms with Gasteiger partial charge in [0.2, 0.25) is 0 Å². The summed E-state index contributed by atoms with van der Waals surface area (Å²) in [6.45, 7) is 5.73. The molecule has 1 heterocycles. The van der Waals surface area contributed by atoms with Gasteiger partial charge in [-0.1, -0.05) is 18.2 Å². The van der Waals surface area contributed by atoms with Crippen molar-refractivity contribution in [2.75, 3.05) is 10.0 Å². The number of hydrogen-bond acceptors (Lipinski definition) is 5. The Bertz CT molecular complexity index is 1270. The van der Waals surface area contributed by atoms with Crippen molar-refractivity contribution in [3.8, 4) is 6.07 Å². The summed E-state index contributed by atoms with van der Waals surface area (Å²) in [4.78, 5) is 12.9. The van der Waals surface area contributed by atoms with E-state index in [1.54, 1.807) is 48.9 Å². The molecule has 0 radical (unpaired) electrons. The van der Waals surface area contributed by atoms with Crippen LogP contribution in [0, 0.1) is 32.1 Å². The molecule has 0 bridgehead atoms. The molecule has 0 aliphatic carbocycles. The van der Waals surface area contributed by atoms with Gasteiger partial charge < -0.3 is 5.32 Å². The van der Waals surface area contributed by atoms with Gasteiger partial charge in [0.15, 0.2) is 0 Å². The Morgan fingerprint density at radius 1 is 1.13 bits per heavy atom. The van der Waals surface area contributed by atoms with E-state index in [1.165, 1.54) is 12.1 Å². The molecule has 0 fully saturated rings. The molecule has 0 saturated carbocycles. The van der Waals surface area contributed by atoms with Crippen LogP contribution in [0.25, 0.3) is 0 Å². The Labute approximate surface area is 181 Å². The fourth-order valence-corrected chi connectivity index (χ4v) is 4.17. The molecule has 31 heavy (non-hydrogen) atoms. The number of carbonyl (C=O) groups is 1. The van der Waals surface area contributed by atoms with Gasteiger partial charge in [0.1, 0.15) is 5.82 Å². The molecular weight excluding hydrogens is 414 g/mol. The first-order chi connectivity index (χ1) is 14.7. The van der Waals surface area contributed by atoms with Crippen molar-refractivity contribution in [2.45, 2.75) is 38.6 Å². The zero-order valence-electron chi connectivity index (χ0n) is 17.5. The number of anilines is 2. The third-order valence-electron chi connectivity index (χ3n) is 4.61. The number of aromatic nitrogens is 2. The van der Waals surface area contributed by atoms with Crippen LogP contribution in [0.3, 0.4) is 0 Å². The lowest BCUT2D eigenvalue weighted by Crippen LogP contribution is -2.19. The van der Waals surface area contributed by atoms with E-state index in [0.717, 1.165) is 5.56 Å². The van der Waals surface area contributed by atoms with E-state index >= 15 is 0 Å². The maximum absolute atomic E-state index is 12.9. The molecule has 8 nitrogen and oxygen atoms in total. The second-order valence-electron chi connectivity index (χ2n) is 7.21. The maximum atomic E-state index is 12.9. The molecule has 0 atom stereocenters. The lowest BCUT2D eigenvalue weighted by molar-refractivity contribution is 0.102. The van der Waals surface area contributed by atoms with Crippen molar-refractivity contribution in [3.05, 3.63) is 70.9 Å². The molecule has 1 amide bonds. The van der Waals surface area contributed by atoms with Crippen LogP contribution in [0.15, 0.2) is 53.4 Å². The van der Waals surface area contributed by atoms with Crippen LogP contribution in [0.4, 0.5) is 11.5 Å². The maximum Gasteiger partial charge on any atom is 0.261 e. The average Bonchev–Trinajstić information content (AvgIpc) is 3.05. The fraction of sp³-hybridized carbons (Fsp3) is 0.227. The molecule has 0 saturated heterocycles. The largest absolute Gasteiger partial charge is 0.307 e. The molecule has 1 aromatic heterocycles. The quantitative estimate of drug-likeness (QED) is 0.583. The Morgan fingerprint density at radius 3 is 2.61 bits per heavy atom. The summed E-state index contributed by atoms with van der Waals surface area (Å²) in [7, 11) is -3.88. The number of hydrogen-bond donors (Lipinski definition) is 2. The summed E-state index contributed by atoms with van der Waals surface area (Å²) >= 11 is 0. The fourth-order valence-electron chi connectivity index (χ4n) is 3.09. The average molecular weight is 438 g/mol. The standard InChI is InChI=1S/C22H23N5O3S/c1-15-6-4-7-18(12-15)26-31(29,30)19-9-8-16(2)20(14-19)22(28)24-21-13-17(3)25-27(21)11-5-10-23/h4,6-9,12-14,26H,5,11H2,1-3H3,(H,24,28). The van der Waals surface area contributed by atoms with Gasteiger partial charge in [-0.25, -0.2) is 13.1 Å². The van der Waals surface area contributed by atoms with Crippen molar-refractivity contribution >= 4 is 27.4 Å². The highest BCUT2D eigenvalue weighted by Crippen LogP contribution is 2.21. The molecule has 0 aliphatic rings. The van der Waals surface area contributed by atoms with Crippen molar-refractivity contribution in [3.63, 3.8) is 0 Å². The zero-order chi connectivity index (χ0) is 22.6. The minimum atomic E-state index is -3.88. The summed E-state index contributed by atoms with van der Waals surface area (Å²) in [6, 6.07) is 15.2. The van der Waals surface area contributed by atoms with Crippen molar-refractivity contribution in [2.24, 2.45) is 0 Å².